The van der Waals surface area contributed by atoms with Crippen LogP contribution in [-0.2, 0) is 20.7 Å². The second-order valence-electron chi connectivity index (χ2n) is 7.92. The lowest BCUT2D eigenvalue weighted by molar-refractivity contribution is -0.135. The van der Waals surface area contributed by atoms with Crippen molar-refractivity contribution in [1.29, 1.82) is 0 Å². The van der Waals surface area contributed by atoms with Gasteiger partial charge >= 0.3 is 5.97 Å². The first-order valence-electron chi connectivity index (χ1n) is 10.7. The third-order valence-electron chi connectivity index (χ3n) is 5.88. The Morgan fingerprint density at radius 1 is 1.21 bits per heavy atom. The molecule has 0 aromatic carbocycles. The highest BCUT2D eigenvalue weighted by Crippen LogP contribution is 2.22. The van der Waals surface area contributed by atoms with Crippen LogP contribution in [0.5, 0.6) is 0 Å². The van der Waals surface area contributed by atoms with Crippen LogP contribution in [0, 0.1) is 19.8 Å². The lowest BCUT2D eigenvalue weighted by atomic mass is 9.95. The topological polar surface area (TPSA) is 91.5 Å². The summed E-state index contributed by atoms with van der Waals surface area (Å²) in [7, 11) is 0. The van der Waals surface area contributed by atoms with E-state index in [1.54, 1.807) is 6.92 Å². The first-order chi connectivity index (χ1) is 13.8. The standard InChI is InChI=1S/C22H35N3O4/c1-6-14(3)23-21(27)17-10-12-25(13-11-17)19(26)9-8-18-15(4)20(24-16(18)5)22(28)29-7-2/h14,17,24H,6-13H2,1-5H3,(H,23,27)/t14-/m1/s1. The van der Waals surface area contributed by atoms with E-state index in [0.29, 0.717) is 51.1 Å². The van der Waals surface area contributed by atoms with Gasteiger partial charge in [-0.25, -0.2) is 4.79 Å². The summed E-state index contributed by atoms with van der Waals surface area (Å²) in [5, 5.41) is 3.04. The highest BCUT2D eigenvalue weighted by Gasteiger charge is 2.28. The lowest BCUT2D eigenvalue weighted by Crippen LogP contribution is -2.44. The highest BCUT2D eigenvalue weighted by atomic mass is 16.5. The molecule has 29 heavy (non-hydrogen) atoms. The van der Waals surface area contributed by atoms with Gasteiger partial charge in [-0.3, -0.25) is 9.59 Å². The second kappa shape index (κ2) is 10.5. The van der Waals surface area contributed by atoms with Gasteiger partial charge in [0.2, 0.25) is 11.8 Å². The lowest BCUT2D eigenvalue weighted by Gasteiger charge is -2.32. The van der Waals surface area contributed by atoms with Crippen LogP contribution in [0.2, 0.25) is 0 Å². The van der Waals surface area contributed by atoms with Crippen molar-refractivity contribution in [3.8, 4) is 0 Å². The normalized spacial score (nSPS) is 15.8. The van der Waals surface area contributed by atoms with Crippen molar-refractivity contribution in [3.63, 3.8) is 0 Å². The Morgan fingerprint density at radius 2 is 1.86 bits per heavy atom. The molecule has 7 heteroatoms. The fourth-order valence-corrected chi connectivity index (χ4v) is 3.82. The Morgan fingerprint density at radius 3 is 2.45 bits per heavy atom. The molecule has 2 amide bonds. The molecule has 0 aliphatic carbocycles. The van der Waals surface area contributed by atoms with Crippen LogP contribution >= 0.6 is 0 Å². The van der Waals surface area contributed by atoms with Gasteiger partial charge in [0.05, 0.1) is 6.61 Å². The molecular weight excluding hydrogens is 370 g/mol. The van der Waals surface area contributed by atoms with Crippen molar-refractivity contribution in [1.82, 2.24) is 15.2 Å². The Kier molecular flexibility index (Phi) is 8.29. The zero-order valence-corrected chi connectivity index (χ0v) is 18.4. The monoisotopic (exact) mass is 405 g/mol. The van der Waals surface area contributed by atoms with Crippen molar-refractivity contribution in [2.24, 2.45) is 5.92 Å². The molecule has 1 aromatic rings. The fraction of sp³-hybridized carbons (Fsp3) is 0.682. The molecule has 7 nitrogen and oxygen atoms in total. The van der Waals surface area contributed by atoms with Gasteiger partial charge < -0.3 is 19.9 Å². The number of amides is 2. The summed E-state index contributed by atoms with van der Waals surface area (Å²) in [6.07, 6.45) is 3.32. The Balaban J connectivity index is 1.87. The summed E-state index contributed by atoms with van der Waals surface area (Å²) in [6.45, 7) is 11.2. The number of hydrogen-bond acceptors (Lipinski definition) is 4. The number of ether oxygens (including phenoxy) is 1. The van der Waals surface area contributed by atoms with Gasteiger partial charge in [-0.15, -0.1) is 0 Å². The van der Waals surface area contributed by atoms with Crippen molar-refractivity contribution in [3.05, 3.63) is 22.5 Å². The number of hydrogen-bond donors (Lipinski definition) is 2. The molecule has 0 unspecified atom stereocenters. The predicted octanol–water partition coefficient (Wildman–Crippen LogP) is 2.89. The largest absolute Gasteiger partial charge is 0.461 e. The van der Waals surface area contributed by atoms with E-state index in [2.05, 4.69) is 17.2 Å². The summed E-state index contributed by atoms with van der Waals surface area (Å²) in [5.41, 5.74) is 3.23. The minimum atomic E-state index is -0.358. The average Bonchev–Trinajstić information content (AvgIpc) is 3.00. The van der Waals surface area contributed by atoms with Crippen LogP contribution in [0.15, 0.2) is 0 Å². The van der Waals surface area contributed by atoms with E-state index >= 15 is 0 Å². The van der Waals surface area contributed by atoms with Gasteiger partial charge in [0.25, 0.3) is 0 Å². The number of nitrogens with one attached hydrogen (secondary N) is 2. The van der Waals surface area contributed by atoms with Crippen molar-refractivity contribution in [2.75, 3.05) is 19.7 Å². The van der Waals surface area contributed by atoms with E-state index in [9.17, 15) is 14.4 Å². The van der Waals surface area contributed by atoms with Crippen LogP contribution in [0.1, 0.15) is 73.8 Å². The van der Waals surface area contributed by atoms with Crippen LogP contribution in [0.25, 0.3) is 0 Å². The van der Waals surface area contributed by atoms with E-state index in [1.807, 2.05) is 25.7 Å². The SMILES string of the molecule is CCOC(=O)c1[nH]c(C)c(CCC(=O)N2CCC(C(=O)N[C@H](C)CC)CC2)c1C. The summed E-state index contributed by atoms with van der Waals surface area (Å²) in [5.74, 6) is -0.155. The number of H-pyrrole nitrogens is 1. The van der Waals surface area contributed by atoms with Gasteiger partial charge in [-0.1, -0.05) is 6.92 Å². The second-order valence-corrected chi connectivity index (χ2v) is 7.92. The number of nitrogens with zero attached hydrogens (tertiary/aromatic N) is 1. The molecule has 1 aromatic heterocycles. The maximum Gasteiger partial charge on any atom is 0.355 e. The van der Waals surface area contributed by atoms with Crippen molar-refractivity contribution in [2.45, 2.75) is 72.8 Å². The number of esters is 1. The Hall–Kier alpha value is -2.31. The maximum absolute atomic E-state index is 12.7. The van der Waals surface area contributed by atoms with Gasteiger partial charge in [-0.2, -0.15) is 0 Å². The zero-order valence-electron chi connectivity index (χ0n) is 18.4. The molecule has 2 rings (SSSR count). The number of piperidine rings is 1. The molecule has 0 saturated carbocycles. The molecule has 162 valence electrons. The number of carbonyl (C=O) groups is 3. The van der Waals surface area contributed by atoms with E-state index in [4.69, 9.17) is 4.74 Å². The van der Waals surface area contributed by atoms with Crippen molar-refractivity contribution >= 4 is 17.8 Å². The molecule has 0 spiro atoms. The number of aryl methyl sites for hydroxylation is 1. The number of carbonyl (C=O) groups excluding carboxylic acids is 3. The van der Waals surface area contributed by atoms with E-state index in [1.165, 1.54) is 0 Å². The molecular formula is C22H35N3O4. The van der Waals surface area contributed by atoms with Crippen LogP contribution < -0.4 is 5.32 Å². The maximum atomic E-state index is 12.7. The van der Waals surface area contributed by atoms with Crippen molar-refractivity contribution < 1.29 is 19.1 Å². The average molecular weight is 406 g/mol. The number of aromatic nitrogens is 1. The third kappa shape index (κ3) is 5.84. The van der Waals surface area contributed by atoms with Gasteiger partial charge in [0.15, 0.2) is 0 Å². The third-order valence-corrected chi connectivity index (χ3v) is 5.88. The van der Waals surface area contributed by atoms with Crippen LogP contribution in [0.4, 0.5) is 0 Å². The summed E-state index contributed by atoms with van der Waals surface area (Å²) in [4.78, 5) is 41.9. The fourth-order valence-electron chi connectivity index (χ4n) is 3.82. The first-order valence-corrected chi connectivity index (χ1v) is 10.7. The molecule has 0 radical (unpaired) electrons. The highest BCUT2D eigenvalue weighted by molar-refractivity contribution is 5.90. The first kappa shape index (κ1) is 23.0. The summed E-state index contributed by atoms with van der Waals surface area (Å²) in [6, 6.07) is 0.189. The molecule has 2 heterocycles. The van der Waals surface area contributed by atoms with E-state index in [0.717, 1.165) is 23.2 Å². The predicted molar refractivity (Wildman–Crippen MR) is 112 cm³/mol. The number of likely N-dealkylation sites (tertiary alicyclic amines) is 1. The van der Waals surface area contributed by atoms with Gasteiger partial charge in [-0.05, 0) is 64.5 Å². The molecule has 1 fully saturated rings. The Labute approximate surface area is 173 Å². The minimum Gasteiger partial charge on any atom is -0.461 e. The minimum absolute atomic E-state index is 0.00523. The summed E-state index contributed by atoms with van der Waals surface area (Å²) < 4.78 is 5.08. The smallest absolute Gasteiger partial charge is 0.355 e. The zero-order chi connectivity index (χ0) is 21.6. The van der Waals surface area contributed by atoms with Crippen LogP contribution in [-0.4, -0.2) is 53.4 Å². The molecule has 1 saturated heterocycles. The van der Waals surface area contributed by atoms with Gasteiger partial charge in [0.1, 0.15) is 5.69 Å². The van der Waals surface area contributed by atoms with Gasteiger partial charge in [0, 0.05) is 37.2 Å². The van der Waals surface area contributed by atoms with E-state index in [-0.39, 0.29) is 29.7 Å². The molecule has 1 atom stereocenters. The van der Waals surface area contributed by atoms with E-state index < -0.39 is 0 Å². The van der Waals surface area contributed by atoms with Crippen LogP contribution in [0.3, 0.4) is 0 Å². The molecule has 2 N–H and O–H groups in total. The molecule has 1 aliphatic heterocycles. The Bertz CT molecular complexity index is 733. The molecule has 1 aliphatic rings. The molecule has 0 bridgehead atoms. The summed E-state index contributed by atoms with van der Waals surface area (Å²) >= 11 is 0. The quantitative estimate of drug-likeness (QED) is 0.651. The number of rotatable bonds is 8. The number of aromatic amines is 1.